The molecule has 4 rings (SSSR count). The molecule has 2 fully saturated rings. The molecule has 2 aromatic carbocycles. The number of sulfone groups is 1. The zero-order valence-electron chi connectivity index (χ0n) is 17.7. The SMILES string of the molecule is N#CC1(NC(=O)O)CC1.O=S(=O)(c1ccccc1Cl)[C@H]1CC[C@@H](COc2ccc(Cl)cc2)C1. The maximum atomic E-state index is 12.8. The second-order valence-corrected chi connectivity index (χ2v) is 11.2. The van der Waals surface area contributed by atoms with E-state index in [2.05, 4.69) is 5.32 Å². The van der Waals surface area contributed by atoms with Gasteiger partial charge in [-0.3, -0.25) is 0 Å². The van der Waals surface area contributed by atoms with Gasteiger partial charge in [0.2, 0.25) is 0 Å². The monoisotopic (exact) mass is 510 g/mol. The second-order valence-electron chi connectivity index (χ2n) is 8.17. The smallest absolute Gasteiger partial charge is 0.405 e. The summed E-state index contributed by atoms with van der Waals surface area (Å²) in [6, 6.07) is 15.7. The largest absolute Gasteiger partial charge is 0.493 e. The van der Waals surface area contributed by atoms with Crippen LogP contribution in [0.25, 0.3) is 0 Å². The van der Waals surface area contributed by atoms with Crippen molar-refractivity contribution in [1.29, 1.82) is 5.26 Å². The summed E-state index contributed by atoms with van der Waals surface area (Å²) in [6.07, 6.45) is 2.26. The number of hydrogen-bond donors (Lipinski definition) is 2. The normalized spacial score (nSPS) is 20.6. The van der Waals surface area contributed by atoms with Crippen molar-refractivity contribution in [3.8, 4) is 11.8 Å². The minimum absolute atomic E-state index is 0.225. The molecule has 2 N–H and O–H groups in total. The van der Waals surface area contributed by atoms with E-state index >= 15 is 0 Å². The standard InChI is InChI=1S/C18H18Cl2O3S.C5H6N2O2/c19-14-6-8-15(9-7-14)23-12-13-5-10-16(11-13)24(21,22)18-4-2-1-3-17(18)20;6-3-5(1-2-5)7-4(8)9/h1-4,6-9,13,16H,5,10-12H2;7H,1-2H2,(H,8,9)/t13-,16+;/m1./s1. The van der Waals surface area contributed by atoms with Crippen molar-refractivity contribution >= 4 is 39.1 Å². The molecular weight excluding hydrogens is 487 g/mol. The van der Waals surface area contributed by atoms with Crippen molar-refractivity contribution in [2.45, 2.75) is 47.8 Å². The first-order valence-electron chi connectivity index (χ1n) is 10.4. The zero-order valence-corrected chi connectivity index (χ0v) is 20.0. The molecule has 0 saturated heterocycles. The molecule has 10 heteroatoms. The van der Waals surface area contributed by atoms with Crippen LogP contribution in [0.4, 0.5) is 4.79 Å². The van der Waals surface area contributed by atoms with Crippen LogP contribution < -0.4 is 10.1 Å². The summed E-state index contributed by atoms with van der Waals surface area (Å²) in [7, 11) is -3.40. The van der Waals surface area contributed by atoms with Gasteiger partial charge in [-0.2, -0.15) is 5.26 Å². The van der Waals surface area contributed by atoms with E-state index in [0.29, 0.717) is 42.3 Å². The Kier molecular flexibility index (Phi) is 8.11. The summed E-state index contributed by atoms with van der Waals surface area (Å²) in [5.41, 5.74) is -0.730. The van der Waals surface area contributed by atoms with Gasteiger partial charge in [0, 0.05) is 5.02 Å². The highest BCUT2D eigenvalue weighted by Crippen LogP contribution is 2.36. The van der Waals surface area contributed by atoms with Crippen LogP contribution in [-0.4, -0.2) is 37.0 Å². The molecule has 0 aliphatic heterocycles. The third-order valence-electron chi connectivity index (χ3n) is 5.68. The molecule has 0 unspecified atom stereocenters. The Bertz CT molecular complexity index is 1130. The van der Waals surface area contributed by atoms with Gasteiger partial charge in [0.25, 0.3) is 0 Å². The Morgan fingerprint density at radius 2 is 1.82 bits per heavy atom. The fourth-order valence-corrected chi connectivity index (χ4v) is 6.18. The number of carboxylic acid groups (broad SMARTS) is 1. The molecule has 0 heterocycles. The highest BCUT2D eigenvalue weighted by molar-refractivity contribution is 7.92. The number of amides is 1. The van der Waals surface area contributed by atoms with E-state index in [-0.39, 0.29) is 10.8 Å². The van der Waals surface area contributed by atoms with E-state index in [9.17, 15) is 13.2 Å². The highest BCUT2D eigenvalue weighted by Gasteiger charge is 2.44. The summed E-state index contributed by atoms with van der Waals surface area (Å²) in [4.78, 5) is 10.2. The molecule has 2 saturated carbocycles. The number of ether oxygens (including phenoxy) is 1. The summed E-state index contributed by atoms with van der Waals surface area (Å²) in [6.45, 7) is 0.510. The third-order valence-corrected chi connectivity index (χ3v) is 8.65. The summed E-state index contributed by atoms with van der Waals surface area (Å²) >= 11 is 11.9. The van der Waals surface area contributed by atoms with Crippen molar-refractivity contribution in [2.75, 3.05) is 6.61 Å². The van der Waals surface area contributed by atoms with Crippen molar-refractivity contribution in [2.24, 2.45) is 5.92 Å². The highest BCUT2D eigenvalue weighted by atomic mass is 35.5. The van der Waals surface area contributed by atoms with Crippen LogP contribution in [0.2, 0.25) is 10.0 Å². The van der Waals surface area contributed by atoms with Gasteiger partial charge in [-0.25, -0.2) is 13.2 Å². The van der Waals surface area contributed by atoms with E-state index < -0.39 is 26.7 Å². The lowest BCUT2D eigenvalue weighted by Crippen LogP contribution is -2.33. The lowest BCUT2D eigenvalue weighted by Gasteiger charge is -2.14. The van der Waals surface area contributed by atoms with Crippen LogP contribution >= 0.6 is 23.2 Å². The molecule has 2 aliphatic rings. The number of nitrogens with zero attached hydrogens (tertiary/aromatic N) is 1. The Labute approximate surface area is 203 Å². The van der Waals surface area contributed by atoms with Gasteiger partial charge in [-0.15, -0.1) is 0 Å². The predicted octanol–water partition coefficient (Wildman–Crippen LogP) is 5.32. The first kappa shape index (κ1) is 25.2. The molecular formula is C23H24Cl2N2O5S. The molecule has 2 aliphatic carbocycles. The van der Waals surface area contributed by atoms with E-state index in [1.165, 1.54) is 0 Å². The van der Waals surface area contributed by atoms with Gasteiger partial charge >= 0.3 is 6.09 Å². The number of nitrogens with one attached hydrogen (secondary N) is 1. The van der Waals surface area contributed by atoms with Gasteiger partial charge in [0.15, 0.2) is 9.84 Å². The van der Waals surface area contributed by atoms with Crippen LogP contribution in [0.5, 0.6) is 5.75 Å². The second kappa shape index (κ2) is 10.6. The molecule has 7 nitrogen and oxygen atoms in total. The van der Waals surface area contributed by atoms with Crippen LogP contribution in [-0.2, 0) is 9.84 Å². The van der Waals surface area contributed by atoms with Gasteiger partial charge in [-0.1, -0.05) is 35.3 Å². The zero-order chi connectivity index (χ0) is 24.1. The molecule has 176 valence electrons. The van der Waals surface area contributed by atoms with Crippen LogP contribution in [0.1, 0.15) is 32.1 Å². The van der Waals surface area contributed by atoms with Gasteiger partial charge in [0.05, 0.1) is 27.8 Å². The molecule has 1 amide bonds. The van der Waals surface area contributed by atoms with Crippen molar-refractivity contribution < 1.29 is 23.1 Å². The van der Waals surface area contributed by atoms with Gasteiger partial charge in [-0.05, 0) is 74.4 Å². The fourth-order valence-electron chi connectivity index (χ4n) is 3.66. The Morgan fingerprint density at radius 1 is 1.15 bits per heavy atom. The number of nitriles is 1. The van der Waals surface area contributed by atoms with Crippen LogP contribution in [0.3, 0.4) is 0 Å². The Morgan fingerprint density at radius 3 is 2.36 bits per heavy atom. The average molecular weight is 511 g/mol. The minimum atomic E-state index is -3.40. The Hall–Kier alpha value is -2.47. The number of rotatable bonds is 6. The van der Waals surface area contributed by atoms with Gasteiger partial charge in [0.1, 0.15) is 11.3 Å². The molecule has 0 aromatic heterocycles. The lowest BCUT2D eigenvalue weighted by atomic mass is 10.1. The predicted molar refractivity (Wildman–Crippen MR) is 125 cm³/mol. The molecule has 2 atom stereocenters. The maximum absolute atomic E-state index is 12.8. The first-order valence-corrected chi connectivity index (χ1v) is 12.7. The molecule has 0 radical (unpaired) electrons. The minimum Gasteiger partial charge on any atom is -0.493 e. The summed E-state index contributed by atoms with van der Waals surface area (Å²) in [5.74, 6) is 0.972. The number of hydrogen-bond acceptors (Lipinski definition) is 5. The van der Waals surface area contributed by atoms with E-state index in [4.69, 9.17) is 38.3 Å². The maximum Gasteiger partial charge on any atom is 0.405 e. The van der Waals surface area contributed by atoms with Gasteiger partial charge < -0.3 is 15.2 Å². The van der Waals surface area contributed by atoms with E-state index in [1.807, 2.05) is 18.2 Å². The van der Waals surface area contributed by atoms with Crippen LogP contribution in [0, 0.1) is 17.2 Å². The summed E-state index contributed by atoms with van der Waals surface area (Å²) < 4.78 is 31.3. The molecule has 0 spiro atoms. The topological polar surface area (TPSA) is 116 Å². The number of halogens is 2. The third kappa shape index (κ3) is 6.76. The molecule has 33 heavy (non-hydrogen) atoms. The quantitative estimate of drug-likeness (QED) is 0.542. The number of carbonyl (C=O) groups is 1. The van der Waals surface area contributed by atoms with Crippen LogP contribution in [0.15, 0.2) is 53.4 Å². The Balaban J connectivity index is 0.000000286. The lowest BCUT2D eigenvalue weighted by molar-refractivity contribution is 0.191. The fraction of sp³-hybridized carbons (Fsp3) is 0.391. The van der Waals surface area contributed by atoms with Crippen molar-refractivity contribution in [3.63, 3.8) is 0 Å². The van der Waals surface area contributed by atoms with E-state index in [1.54, 1.807) is 36.4 Å². The van der Waals surface area contributed by atoms with E-state index in [0.717, 1.165) is 12.2 Å². The number of benzene rings is 2. The molecule has 0 bridgehead atoms. The van der Waals surface area contributed by atoms with Crippen molar-refractivity contribution in [3.05, 3.63) is 58.6 Å². The molecule has 2 aromatic rings. The first-order chi connectivity index (χ1) is 15.6. The average Bonchev–Trinajstić information content (AvgIpc) is 3.37. The summed E-state index contributed by atoms with van der Waals surface area (Å²) in [5, 5.41) is 19.2. The van der Waals surface area contributed by atoms with Crippen molar-refractivity contribution in [1.82, 2.24) is 5.32 Å².